The molecule has 1 heterocycles. The van der Waals surface area contributed by atoms with E-state index >= 15 is 0 Å². The lowest BCUT2D eigenvalue weighted by molar-refractivity contribution is -0.117. The highest BCUT2D eigenvalue weighted by atomic mass is 35.5. The molecule has 2 aromatic carbocycles. The molecule has 0 spiro atoms. The maximum atomic E-state index is 12.5. The van der Waals surface area contributed by atoms with Crippen LogP contribution in [0, 0.1) is 12.8 Å². The van der Waals surface area contributed by atoms with Gasteiger partial charge in [0.05, 0.1) is 0 Å². The fraction of sp³-hybridized carbons (Fsp3) is 0.261. The number of amides is 1. The Morgan fingerprint density at radius 3 is 2.69 bits per heavy atom. The molecule has 0 bridgehead atoms. The molecule has 0 aliphatic rings. The number of nitrogens with one attached hydrogen (secondary N) is 1. The topological polar surface area (TPSA) is 68.0 Å². The number of hydrogen-bond donors (Lipinski definition) is 1. The lowest BCUT2D eigenvalue weighted by Gasteiger charge is -2.19. The van der Waals surface area contributed by atoms with Gasteiger partial charge in [0.1, 0.15) is 6.04 Å². The SMILES string of the molecule is CCC(C)C(NC(=O)C=Cc1ccccc1)c1nc(-c2ccc(C)c(Cl)c2)no1. The van der Waals surface area contributed by atoms with E-state index in [1.807, 2.05) is 62.4 Å². The minimum Gasteiger partial charge on any atom is -0.340 e. The average Bonchev–Trinajstić information content (AvgIpc) is 3.22. The summed E-state index contributed by atoms with van der Waals surface area (Å²) in [6.45, 7) is 6.03. The third-order valence-corrected chi connectivity index (χ3v) is 5.28. The van der Waals surface area contributed by atoms with Gasteiger partial charge in [-0.2, -0.15) is 4.98 Å². The molecule has 1 amide bonds. The maximum absolute atomic E-state index is 12.5. The summed E-state index contributed by atoms with van der Waals surface area (Å²) in [6.07, 6.45) is 4.14. The molecular weight excluding hydrogens is 386 g/mol. The van der Waals surface area contributed by atoms with E-state index in [-0.39, 0.29) is 17.9 Å². The van der Waals surface area contributed by atoms with Gasteiger partial charge in [-0.05, 0) is 36.1 Å². The highest BCUT2D eigenvalue weighted by molar-refractivity contribution is 6.31. The van der Waals surface area contributed by atoms with Gasteiger partial charge in [-0.15, -0.1) is 0 Å². The molecule has 1 N–H and O–H groups in total. The van der Waals surface area contributed by atoms with E-state index in [9.17, 15) is 4.79 Å². The Morgan fingerprint density at radius 1 is 1.24 bits per heavy atom. The van der Waals surface area contributed by atoms with Crippen molar-refractivity contribution in [1.29, 1.82) is 0 Å². The molecule has 1 aromatic heterocycles. The third-order valence-electron chi connectivity index (χ3n) is 4.88. The fourth-order valence-electron chi connectivity index (χ4n) is 2.83. The van der Waals surface area contributed by atoms with E-state index in [2.05, 4.69) is 22.4 Å². The Hall–Kier alpha value is -2.92. The highest BCUT2D eigenvalue weighted by Crippen LogP contribution is 2.27. The van der Waals surface area contributed by atoms with Gasteiger partial charge < -0.3 is 9.84 Å². The molecule has 0 aliphatic carbocycles. The van der Waals surface area contributed by atoms with Crippen LogP contribution >= 0.6 is 11.6 Å². The summed E-state index contributed by atoms with van der Waals surface area (Å²) in [5.74, 6) is 0.744. The van der Waals surface area contributed by atoms with E-state index in [1.54, 1.807) is 6.08 Å². The molecule has 29 heavy (non-hydrogen) atoms. The third kappa shape index (κ3) is 5.33. The summed E-state index contributed by atoms with van der Waals surface area (Å²) in [4.78, 5) is 17.0. The zero-order chi connectivity index (χ0) is 20.8. The van der Waals surface area contributed by atoms with E-state index < -0.39 is 0 Å². The normalized spacial score (nSPS) is 13.4. The summed E-state index contributed by atoms with van der Waals surface area (Å²) in [7, 11) is 0. The smallest absolute Gasteiger partial charge is 0.249 e. The first-order valence-corrected chi connectivity index (χ1v) is 9.99. The van der Waals surface area contributed by atoms with Gasteiger partial charge in [0, 0.05) is 16.7 Å². The molecule has 0 radical (unpaired) electrons. The van der Waals surface area contributed by atoms with Crippen molar-refractivity contribution < 1.29 is 9.32 Å². The number of halogens is 1. The molecule has 2 unspecified atom stereocenters. The first kappa shape index (κ1) is 20.8. The predicted octanol–water partition coefficient (Wildman–Crippen LogP) is 5.62. The largest absolute Gasteiger partial charge is 0.340 e. The molecule has 2 atom stereocenters. The molecule has 0 saturated carbocycles. The summed E-state index contributed by atoms with van der Waals surface area (Å²) in [6, 6.07) is 14.9. The van der Waals surface area contributed by atoms with Crippen molar-refractivity contribution in [3.8, 4) is 11.4 Å². The molecule has 3 aromatic rings. The minimum atomic E-state index is -0.380. The second-order valence-electron chi connectivity index (χ2n) is 7.04. The van der Waals surface area contributed by atoms with E-state index in [0.29, 0.717) is 16.7 Å². The van der Waals surface area contributed by atoms with Crippen LogP contribution in [0.4, 0.5) is 0 Å². The lowest BCUT2D eigenvalue weighted by atomic mass is 9.99. The fourth-order valence-corrected chi connectivity index (χ4v) is 3.01. The minimum absolute atomic E-state index is 0.124. The molecule has 3 rings (SSSR count). The summed E-state index contributed by atoms with van der Waals surface area (Å²) in [5, 5.41) is 7.72. The monoisotopic (exact) mass is 409 g/mol. The van der Waals surface area contributed by atoms with Crippen molar-refractivity contribution in [3.05, 3.63) is 76.6 Å². The quantitative estimate of drug-likeness (QED) is 0.514. The number of nitrogens with zero attached hydrogens (tertiary/aromatic N) is 2. The van der Waals surface area contributed by atoms with Gasteiger partial charge in [0.25, 0.3) is 0 Å². The van der Waals surface area contributed by atoms with Crippen LogP contribution in [-0.4, -0.2) is 16.0 Å². The standard InChI is InChI=1S/C23H24ClN3O2/c1-4-15(2)21(25-20(28)13-11-17-8-6-5-7-9-17)23-26-22(27-29-23)18-12-10-16(3)19(24)14-18/h5-15,21H,4H2,1-3H3,(H,25,28). The van der Waals surface area contributed by atoms with Crippen molar-refractivity contribution in [1.82, 2.24) is 15.5 Å². The van der Waals surface area contributed by atoms with Gasteiger partial charge in [0.2, 0.25) is 17.6 Å². The molecule has 0 aliphatic heterocycles. The van der Waals surface area contributed by atoms with Crippen molar-refractivity contribution in [2.45, 2.75) is 33.2 Å². The Bertz CT molecular complexity index is 998. The molecule has 150 valence electrons. The number of aromatic nitrogens is 2. The number of carbonyl (C=O) groups excluding carboxylic acids is 1. The summed E-state index contributed by atoms with van der Waals surface area (Å²) in [5.41, 5.74) is 2.71. The average molecular weight is 410 g/mol. The summed E-state index contributed by atoms with van der Waals surface area (Å²) >= 11 is 6.21. The van der Waals surface area contributed by atoms with Gasteiger partial charge in [-0.25, -0.2) is 0 Å². The molecule has 0 fully saturated rings. The molecule has 6 heteroatoms. The van der Waals surface area contributed by atoms with Crippen LogP contribution in [0.15, 0.2) is 59.1 Å². The predicted molar refractivity (Wildman–Crippen MR) is 115 cm³/mol. The Morgan fingerprint density at radius 2 is 2.00 bits per heavy atom. The van der Waals surface area contributed by atoms with Crippen LogP contribution in [0.1, 0.15) is 43.3 Å². The molecular formula is C23H24ClN3O2. The first-order chi connectivity index (χ1) is 14.0. The lowest BCUT2D eigenvalue weighted by Crippen LogP contribution is -2.31. The summed E-state index contributed by atoms with van der Waals surface area (Å²) < 4.78 is 5.49. The number of rotatable bonds is 7. The number of carbonyl (C=O) groups is 1. The maximum Gasteiger partial charge on any atom is 0.249 e. The second-order valence-corrected chi connectivity index (χ2v) is 7.44. The van der Waals surface area contributed by atoms with Crippen LogP contribution in [-0.2, 0) is 4.79 Å². The van der Waals surface area contributed by atoms with E-state index in [0.717, 1.165) is 23.1 Å². The van der Waals surface area contributed by atoms with Gasteiger partial charge in [-0.1, -0.05) is 79.5 Å². The first-order valence-electron chi connectivity index (χ1n) is 9.61. The Kier molecular flexibility index (Phi) is 6.83. The van der Waals surface area contributed by atoms with Crippen molar-refractivity contribution in [2.75, 3.05) is 0 Å². The highest BCUT2D eigenvalue weighted by Gasteiger charge is 2.26. The van der Waals surface area contributed by atoms with Crippen LogP contribution in [0.2, 0.25) is 5.02 Å². The number of aryl methyl sites for hydroxylation is 1. The molecule has 0 saturated heterocycles. The van der Waals surface area contributed by atoms with Crippen molar-refractivity contribution in [3.63, 3.8) is 0 Å². The molecule has 5 nitrogen and oxygen atoms in total. The van der Waals surface area contributed by atoms with E-state index in [4.69, 9.17) is 16.1 Å². The van der Waals surface area contributed by atoms with Crippen LogP contribution in [0.3, 0.4) is 0 Å². The Labute approximate surface area is 175 Å². The van der Waals surface area contributed by atoms with Crippen LogP contribution in [0.25, 0.3) is 17.5 Å². The number of benzene rings is 2. The van der Waals surface area contributed by atoms with Gasteiger partial charge in [-0.3, -0.25) is 4.79 Å². The van der Waals surface area contributed by atoms with Crippen LogP contribution in [0.5, 0.6) is 0 Å². The number of hydrogen-bond acceptors (Lipinski definition) is 4. The van der Waals surface area contributed by atoms with Crippen molar-refractivity contribution >= 4 is 23.6 Å². The zero-order valence-electron chi connectivity index (χ0n) is 16.7. The van der Waals surface area contributed by atoms with Crippen molar-refractivity contribution in [2.24, 2.45) is 5.92 Å². The van der Waals surface area contributed by atoms with Gasteiger partial charge in [0.15, 0.2) is 0 Å². The zero-order valence-corrected chi connectivity index (χ0v) is 17.5. The van der Waals surface area contributed by atoms with E-state index in [1.165, 1.54) is 6.08 Å². The van der Waals surface area contributed by atoms with Crippen LogP contribution < -0.4 is 5.32 Å². The Balaban J connectivity index is 1.78. The van der Waals surface area contributed by atoms with Gasteiger partial charge >= 0.3 is 0 Å². The second kappa shape index (κ2) is 9.52.